The number of pyridine rings is 1. The molecule has 2 aromatic rings. The molecule has 0 saturated carbocycles. The Kier molecular flexibility index (Phi) is 4.66. The highest BCUT2D eigenvalue weighted by Gasteiger charge is 2.34. The molecule has 24 heavy (non-hydrogen) atoms. The van der Waals surface area contributed by atoms with Crippen LogP contribution in [0.25, 0.3) is 0 Å². The Labute approximate surface area is 141 Å². The fourth-order valence-corrected chi connectivity index (χ4v) is 3.10. The molecule has 1 saturated heterocycles. The summed E-state index contributed by atoms with van der Waals surface area (Å²) in [6.07, 6.45) is 1.63. The summed E-state index contributed by atoms with van der Waals surface area (Å²) in [4.78, 5) is 18.7. The van der Waals surface area contributed by atoms with Crippen LogP contribution in [0.5, 0.6) is 5.75 Å². The molecular formula is C18H22N4O2. The Balaban J connectivity index is 1.78. The first-order valence-corrected chi connectivity index (χ1v) is 7.95. The molecule has 0 bridgehead atoms. The van der Waals surface area contributed by atoms with Crippen molar-refractivity contribution in [2.45, 2.75) is 12.0 Å². The molecule has 1 amide bonds. The number of nitrogens with one attached hydrogen (secondary N) is 1. The average molecular weight is 326 g/mol. The molecule has 6 heteroatoms. The quantitative estimate of drug-likeness (QED) is 0.894. The zero-order valence-corrected chi connectivity index (χ0v) is 13.9. The van der Waals surface area contributed by atoms with E-state index < -0.39 is 0 Å². The highest BCUT2D eigenvalue weighted by atomic mass is 16.5. The van der Waals surface area contributed by atoms with Crippen molar-refractivity contribution < 1.29 is 9.53 Å². The normalized spacial score (nSPS) is 20.0. The van der Waals surface area contributed by atoms with Crippen molar-refractivity contribution in [3.8, 4) is 5.75 Å². The van der Waals surface area contributed by atoms with E-state index in [0.717, 1.165) is 11.3 Å². The van der Waals surface area contributed by atoms with Crippen molar-refractivity contribution in [2.24, 2.45) is 5.73 Å². The number of aromatic nitrogens is 1. The Hall–Kier alpha value is -2.60. The summed E-state index contributed by atoms with van der Waals surface area (Å²) in [5, 5.41) is 2.95. The van der Waals surface area contributed by atoms with Gasteiger partial charge in [-0.3, -0.25) is 4.79 Å². The molecular weight excluding hydrogens is 304 g/mol. The maximum Gasteiger partial charge on any atom is 0.254 e. The Bertz CT molecular complexity index is 734. The number of rotatable bonds is 4. The third-order valence-electron chi connectivity index (χ3n) is 4.44. The lowest BCUT2D eigenvalue weighted by atomic mass is 9.95. The number of anilines is 1. The summed E-state index contributed by atoms with van der Waals surface area (Å²) in [6, 6.07) is 11.3. The largest absolute Gasteiger partial charge is 0.497 e. The zero-order valence-electron chi connectivity index (χ0n) is 13.9. The molecule has 2 heterocycles. The molecule has 1 aromatic carbocycles. The van der Waals surface area contributed by atoms with Gasteiger partial charge in [-0.25, -0.2) is 4.98 Å². The van der Waals surface area contributed by atoms with Crippen molar-refractivity contribution >= 4 is 11.7 Å². The van der Waals surface area contributed by atoms with Gasteiger partial charge in [0.2, 0.25) is 0 Å². The first-order chi connectivity index (χ1) is 11.6. The Morgan fingerprint density at radius 3 is 2.92 bits per heavy atom. The molecule has 3 rings (SSSR count). The van der Waals surface area contributed by atoms with Crippen LogP contribution in [0.2, 0.25) is 0 Å². The summed E-state index contributed by atoms with van der Waals surface area (Å²) < 4.78 is 5.28. The Morgan fingerprint density at radius 2 is 2.17 bits per heavy atom. The van der Waals surface area contributed by atoms with E-state index in [9.17, 15) is 4.79 Å². The number of nitrogens with zero attached hydrogens (tertiary/aromatic N) is 2. The average Bonchev–Trinajstić information content (AvgIpc) is 3.03. The van der Waals surface area contributed by atoms with Gasteiger partial charge in [-0.05, 0) is 29.8 Å². The van der Waals surface area contributed by atoms with Crippen LogP contribution in [-0.2, 0) is 0 Å². The van der Waals surface area contributed by atoms with Crippen LogP contribution < -0.4 is 15.8 Å². The number of hydrogen-bond acceptors (Lipinski definition) is 5. The smallest absolute Gasteiger partial charge is 0.254 e. The van der Waals surface area contributed by atoms with E-state index in [1.165, 1.54) is 0 Å². The van der Waals surface area contributed by atoms with Gasteiger partial charge in [0.05, 0.1) is 7.11 Å². The van der Waals surface area contributed by atoms with Crippen molar-refractivity contribution in [2.75, 3.05) is 32.6 Å². The van der Waals surface area contributed by atoms with E-state index in [1.54, 1.807) is 32.5 Å². The summed E-state index contributed by atoms with van der Waals surface area (Å²) >= 11 is 0. The SMILES string of the molecule is CNc1cc(C(=O)N2C[C@H](c3cccc(OC)c3)[C@@H](N)C2)ccn1. The second kappa shape index (κ2) is 6.88. The van der Waals surface area contributed by atoms with Crippen molar-refractivity contribution in [3.63, 3.8) is 0 Å². The molecule has 0 spiro atoms. The third-order valence-corrected chi connectivity index (χ3v) is 4.44. The molecule has 0 aliphatic carbocycles. The minimum atomic E-state index is -0.0911. The van der Waals surface area contributed by atoms with Crippen LogP contribution in [-0.4, -0.2) is 49.1 Å². The fourth-order valence-electron chi connectivity index (χ4n) is 3.10. The van der Waals surface area contributed by atoms with E-state index in [1.807, 2.05) is 29.2 Å². The van der Waals surface area contributed by atoms with Gasteiger partial charge >= 0.3 is 0 Å². The monoisotopic (exact) mass is 326 g/mol. The lowest BCUT2D eigenvalue weighted by Gasteiger charge is -2.17. The van der Waals surface area contributed by atoms with E-state index >= 15 is 0 Å². The minimum Gasteiger partial charge on any atom is -0.497 e. The number of methoxy groups -OCH3 is 1. The lowest BCUT2D eigenvalue weighted by molar-refractivity contribution is 0.0789. The van der Waals surface area contributed by atoms with Gasteiger partial charge in [0.1, 0.15) is 11.6 Å². The molecule has 0 unspecified atom stereocenters. The molecule has 2 atom stereocenters. The molecule has 3 N–H and O–H groups in total. The highest BCUT2D eigenvalue weighted by Crippen LogP contribution is 2.29. The zero-order chi connectivity index (χ0) is 17.1. The van der Waals surface area contributed by atoms with Crippen molar-refractivity contribution in [1.82, 2.24) is 9.88 Å². The van der Waals surface area contributed by atoms with Gasteiger partial charge in [-0.15, -0.1) is 0 Å². The number of amides is 1. The first-order valence-electron chi connectivity index (χ1n) is 7.95. The van der Waals surface area contributed by atoms with Crippen LogP contribution in [0, 0.1) is 0 Å². The van der Waals surface area contributed by atoms with E-state index in [-0.39, 0.29) is 17.9 Å². The number of hydrogen-bond donors (Lipinski definition) is 2. The Morgan fingerprint density at radius 1 is 1.33 bits per heavy atom. The maximum atomic E-state index is 12.8. The predicted octanol–water partition coefficient (Wildman–Crippen LogP) is 1.70. The summed E-state index contributed by atoms with van der Waals surface area (Å²) in [5.74, 6) is 1.57. The number of likely N-dealkylation sites (tertiary alicyclic amines) is 1. The van der Waals surface area contributed by atoms with E-state index in [4.69, 9.17) is 10.5 Å². The van der Waals surface area contributed by atoms with Gasteiger partial charge in [0, 0.05) is 43.9 Å². The summed E-state index contributed by atoms with van der Waals surface area (Å²) in [7, 11) is 3.42. The second-order valence-corrected chi connectivity index (χ2v) is 5.94. The number of carbonyl (C=O) groups is 1. The number of ether oxygens (including phenoxy) is 1. The number of benzene rings is 1. The predicted molar refractivity (Wildman–Crippen MR) is 93.4 cm³/mol. The van der Waals surface area contributed by atoms with Gasteiger partial charge < -0.3 is 20.7 Å². The summed E-state index contributed by atoms with van der Waals surface area (Å²) in [5.41, 5.74) is 8.02. The van der Waals surface area contributed by atoms with Crippen LogP contribution >= 0.6 is 0 Å². The van der Waals surface area contributed by atoms with Crippen LogP contribution in [0.4, 0.5) is 5.82 Å². The lowest BCUT2D eigenvalue weighted by Crippen LogP contribution is -2.32. The topological polar surface area (TPSA) is 80.5 Å². The fraction of sp³-hybridized carbons (Fsp3) is 0.333. The van der Waals surface area contributed by atoms with Crippen molar-refractivity contribution in [1.29, 1.82) is 0 Å². The minimum absolute atomic E-state index is 0.0188. The number of nitrogens with two attached hydrogens (primary N) is 1. The van der Waals surface area contributed by atoms with Gasteiger partial charge in [0.15, 0.2) is 0 Å². The van der Waals surface area contributed by atoms with E-state index in [0.29, 0.717) is 24.5 Å². The summed E-state index contributed by atoms with van der Waals surface area (Å²) in [6.45, 7) is 1.14. The highest BCUT2D eigenvalue weighted by molar-refractivity contribution is 5.95. The molecule has 1 aliphatic heterocycles. The van der Waals surface area contributed by atoms with Gasteiger partial charge in [-0.2, -0.15) is 0 Å². The third kappa shape index (κ3) is 3.19. The van der Waals surface area contributed by atoms with Crippen molar-refractivity contribution in [3.05, 3.63) is 53.7 Å². The standard InChI is InChI=1S/C18H22N4O2/c1-20-17-9-13(6-7-21-17)18(23)22-10-15(16(19)11-22)12-4-3-5-14(8-12)24-2/h3-9,15-16H,10-11,19H2,1-2H3,(H,20,21)/t15-,16+/m1/s1. The van der Waals surface area contributed by atoms with Crippen LogP contribution in [0.3, 0.4) is 0 Å². The molecule has 1 aliphatic rings. The van der Waals surface area contributed by atoms with E-state index in [2.05, 4.69) is 10.3 Å². The number of carbonyl (C=O) groups excluding carboxylic acids is 1. The van der Waals surface area contributed by atoms with Crippen LogP contribution in [0.1, 0.15) is 21.8 Å². The molecule has 0 radical (unpaired) electrons. The maximum absolute atomic E-state index is 12.8. The van der Waals surface area contributed by atoms with Gasteiger partial charge in [0.25, 0.3) is 5.91 Å². The second-order valence-electron chi connectivity index (χ2n) is 5.94. The molecule has 1 aromatic heterocycles. The van der Waals surface area contributed by atoms with Gasteiger partial charge in [-0.1, -0.05) is 12.1 Å². The molecule has 6 nitrogen and oxygen atoms in total. The van der Waals surface area contributed by atoms with Crippen LogP contribution in [0.15, 0.2) is 42.6 Å². The first kappa shape index (κ1) is 16.3. The molecule has 126 valence electrons. The molecule has 1 fully saturated rings.